The molecule has 2 aromatic rings. The number of carbonyl (C=O) groups excluding carboxylic acids is 1. The molecule has 0 saturated carbocycles. The highest BCUT2D eigenvalue weighted by atomic mass is 35.5. The molecule has 1 aliphatic heterocycles. The van der Waals surface area contributed by atoms with Gasteiger partial charge < -0.3 is 9.47 Å². The van der Waals surface area contributed by atoms with E-state index in [2.05, 4.69) is 0 Å². The van der Waals surface area contributed by atoms with Crippen LogP contribution in [-0.4, -0.2) is 25.4 Å². The Morgan fingerprint density at radius 3 is 2.62 bits per heavy atom. The van der Waals surface area contributed by atoms with E-state index in [4.69, 9.17) is 21.1 Å². The summed E-state index contributed by atoms with van der Waals surface area (Å²) in [6, 6.07) is 13.1. The van der Waals surface area contributed by atoms with Gasteiger partial charge in [-0.25, -0.2) is 0 Å². The SMILES string of the molecule is CCOc1cc([C@@H]2SCC(=O)N2c2ccc(Cl)cc2)ccc1OC. The van der Waals surface area contributed by atoms with Crippen LogP contribution in [0.2, 0.25) is 5.02 Å². The lowest BCUT2D eigenvalue weighted by atomic mass is 10.1. The third-order valence-corrected chi connectivity index (χ3v) is 5.21. The van der Waals surface area contributed by atoms with Crippen LogP contribution in [-0.2, 0) is 4.79 Å². The summed E-state index contributed by atoms with van der Waals surface area (Å²) in [5.41, 5.74) is 1.85. The smallest absolute Gasteiger partial charge is 0.238 e. The Hall–Kier alpha value is -1.85. The second-order valence-electron chi connectivity index (χ2n) is 5.25. The summed E-state index contributed by atoms with van der Waals surface area (Å²) >= 11 is 7.56. The molecule has 0 N–H and O–H groups in total. The molecule has 1 saturated heterocycles. The van der Waals surface area contributed by atoms with Crippen LogP contribution in [0.3, 0.4) is 0 Å². The van der Waals surface area contributed by atoms with Gasteiger partial charge >= 0.3 is 0 Å². The van der Waals surface area contributed by atoms with E-state index in [1.807, 2.05) is 37.3 Å². The first-order valence-corrected chi connectivity index (χ1v) is 9.06. The Morgan fingerprint density at radius 2 is 1.96 bits per heavy atom. The van der Waals surface area contributed by atoms with E-state index in [-0.39, 0.29) is 11.3 Å². The molecule has 0 aromatic heterocycles. The summed E-state index contributed by atoms with van der Waals surface area (Å²) in [4.78, 5) is 14.2. The van der Waals surface area contributed by atoms with Gasteiger partial charge in [-0.3, -0.25) is 9.69 Å². The molecule has 1 amide bonds. The molecular formula is C18H18ClNO3S. The maximum atomic E-state index is 12.4. The van der Waals surface area contributed by atoms with Crippen LogP contribution in [0.1, 0.15) is 17.9 Å². The summed E-state index contributed by atoms with van der Waals surface area (Å²) < 4.78 is 11.0. The van der Waals surface area contributed by atoms with Crippen LogP contribution in [0.15, 0.2) is 42.5 Å². The lowest BCUT2D eigenvalue weighted by molar-refractivity contribution is -0.115. The molecule has 0 unspecified atom stereocenters. The lowest BCUT2D eigenvalue weighted by Crippen LogP contribution is -2.27. The van der Waals surface area contributed by atoms with Crippen molar-refractivity contribution >= 4 is 35.0 Å². The molecule has 0 radical (unpaired) electrons. The highest BCUT2D eigenvalue weighted by Crippen LogP contribution is 2.44. The van der Waals surface area contributed by atoms with Crippen LogP contribution in [0.25, 0.3) is 0 Å². The third-order valence-electron chi connectivity index (χ3n) is 3.75. The number of rotatable bonds is 5. The fourth-order valence-corrected chi connectivity index (χ4v) is 3.96. The summed E-state index contributed by atoms with van der Waals surface area (Å²) in [5.74, 6) is 1.91. The molecule has 1 heterocycles. The lowest BCUT2D eigenvalue weighted by Gasteiger charge is -2.25. The molecule has 4 nitrogen and oxygen atoms in total. The average molecular weight is 364 g/mol. The number of carbonyl (C=O) groups is 1. The van der Waals surface area contributed by atoms with Crippen molar-refractivity contribution in [1.29, 1.82) is 0 Å². The fraction of sp³-hybridized carbons (Fsp3) is 0.278. The monoisotopic (exact) mass is 363 g/mol. The molecule has 1 aliphatic rings. The predicted octanol–water partition coefficient (Wildman–Crippen LogP) is 4.53. The highest BCUT2D eigenvalue weighted by Gasteiger charge is 2.34. The molecule has 0 bridgehead atoms. The van der Waals surface area contributed by atoms with Gasteiger partial charge in [0.05, 0.1) is 19.5 Å². The number of benzene rings is 2. The first-order chi connectivity index (χ1) is 11.6. The Kier molecular flexibility index (Phi) is 5.21. The zero-order valence-corrected chi connectivity index (χ0v) is 15.1. The number of nitrogens with zero attached hydrogens (tertiary/aromatic N) is 1. The second kappa shape index (κ2) is 7.36. The number of ether oxygens (including phenoxy) is 2. The topological polar surface area (TPSA) is 38.8 Å². The summed E-state index contributed by atoms with van der Waals surface area (Å²) in [6.07, 6.45) is 0. The van der Waals surface area contributed by atoms with Gasteiger partial charge in [0.15, 0.2) is 11.5 Å². The van der Waals surface area contributed by atoms with Crippen LogP contribution in [0.5, 0.6) is 11.5 Å². The van der Waals surface area contributed by atoms with E-state index in [0.29, 0.717) is 28.9 Å². The van der Waals surface area contributed by atoms with Crippen molar-refractivity contribution in [2.24, 2.45) is 0 Å². The Morgan fingerprint density at radius 1 is 1.21 bits per heavy atom. The molecule has 2 aromatic carbocycles. The van der Waals surface area contributed by atoms with Crippen LogP contribution >= 0.6 is 23.4 Å². The van der Waals surface area contributed by atoms with Gasteiger partial charge in [0.1, 0.15) is 5.37 Å². The third kappa shape index (κ3) is 3.32. The molecule has 1 fully saturated rings. The number of halogens is 1. The first kappa shape index (κ1) is 17.0. The number of thioether (sulfide) groups is 1. The number of hydrogen-bond acceptors (Lipinski definition) is 4. The molecule has 6 heteroatoms. The molecule has 0 aliphatic carbocycles. The highest BCUT2D eigenvalue weighted by molar-refractivity contribution is 8.00. The minimum Gasteiger partial charge on any atom is -0.493 e. The van der Waals surface area contributed by atoms with Crippen LogP contribution in [0.4, 0.5) is 5.69 Å². The van der Waals surface area contributed by atoms with Gasteiger partial charge in [0.2, 0.25) is 5.91 Å². The summed E-state index contributed by atoms with van der Waals surface area (Å²) in [5, 5.41) is 0.557. The molecule has 3 rings (SSSR count). The molecule has 126 valence electrons. The molecule has 24 heavy (non-hydrogen) atoms. The van der Waals surface area contributed by atoms with Crippen molar-refractivity contribution in [3.05, 3.63) is 53.1 Å². The van der Waals surface area contributed by atoms with Gasteiger partial charge in [0, 0.05) is 10.7 Å². The first-order valence-electron chi connectivity index (χ1n) is 7.64. The Bertz CT molecular complexity index is 736. The van der Waals surface area contributed by atoms with Crippen molar-refractivity contribution in [1.82, 2.24) is 0 Å². The van der Waals surface area contributed by atoms with Gasteiger partial charge in [0.25, 0.3) is 0 Å². The van der Waals surface area contributed by atoms with Gasteiger partial charge in [-0.1, -0.05) is 17.7 Å². The van der Waals surface area contributed by atoms with Crippen LogP contribution < -0.4 is 14.4 Å². The zero-order chi connectivity index (χ0) is 17.1. The number of hydrogen-bond donors (Lipinski definition) is 0. The maximum absolute atomic E-state index is 12.4. The molecule has 1 atom stereocenters. The zero-order valence-electron chi connectivity index (χ0n) is 13.5. The van der Waals surface area contributed by atoms with Crippen molar-refractivity contribution in [3.8, 4) is 11.5 Å². The van der Waals surface area contributed by atoms with E-state index >= 15 is 0 Å². The number of anilines is 1. The van der Waals surface area contributed by atoms with Crippen LogP contribution in [0, 0.1) is 0 Å². The average Bonchev–Trinajstić information content (AvgIpc) is 2.97. The minimum absolute atomic E-state index is 0.0844. The quantitative estimate of drug-likeness (QED) is 0.782. The maximum Gasteiger partial charge on any atom is 0.238 e. The standard InChI is InChI=1S/C18H18ClNO3S/c1-3-23-16-10-12(4-9-15(16)22-2)18-20(17(21)11-24-18)14-7-5-13(19)6-8-14/h4-10,18H,3,11H2,1-2H3/t18-/m0/s1. The normalized spacial score (nSPS) is 17.2. The van der Waals surface area contributed by atoms with E-state index < -0.39 is 0 Å². The second-order valence-corrected chi connectivity index (χ2v) is 6.75. The van der Waals surface area contributed by atoms with Crippen molar-refractivity contribution in [2.75, 3.05) is 24.4 Å². The van der Waals surface area contributed by atoms with Gasteiger partial charge in [-0.2, -0.15) is 0 Å². The van der Waals surface area contributed by atoms with E-state index in [1.54, 1.807) is 35.9 Å². The Balaban J connectivity index is 1.96. The van der Waals surface area contributed by atoms with Gasteiger partial charge in [-0.15, -0.1) is 11.8 Å². The van der Waals surface area contributed by atoms with Crippen molar-refractivity contribution in [2.45, 2.75) is 12.3 Å². The number of methoxy groups -OCH3 is 1. The number of amides is 1. The largest absolute Gasteiger partial charge is 0.493 e. The molecule has 0 spiro atoms. The Labute approximate surface area is 150 Å². The minimum atomic E-state index is -0.0937. The van der Waals surface area contributed by atoms with Gasteiger partial charge in [-0.05, 0) is 48.9 Å². The van der Waals surface area contributed by atoms with Crippen molar-refractivity contribution in [3.63, 3.8) is 0 Å². The predicted molar refractivity (Wildman–Crippen MR) is 98.3 cm³/mol. The van der Waals surface area contributed by atoms with E-state index in [9.17, 15) is 4.79 Å². The summed E-state index contributed by atoms with van der Waals surface area (Å²) in [6.45, 7) is 2.48. The van der Waals surface area contributed by atoms with Crippen molar-refractivity contribution < 1.29 is 14.3 Å². The molecular weight excluding hydrogens is 346 g/mol. The summed E-state index contributed by atoms with van der Waals surface area (Å²) in [7, 11) is 1.62. The fourth-order valence-electron chi connectivity index (χ4n) is 2.67. The van der Waals surface area contributed by atoms with E-state index in [0.717, 1.165) is 11.3 Å². The van der Waals surface area contributed by atoms with E-state index in [1.165, 1.54) is 0 Å².